The molecule has 1 amide bonds. The van der Waals surface area contributed by atoms with E-state index in [1.807, 2.05) is 36.6 Å². The van der Waals surface area contributed by atoms with Crippen molar-refractivity contribution in [1.82, 2.24) is 0 Å². The summed E-state index contributed by atoms with van der Waals surface area (Å²) >= 11 is 1.26. The van der Waals surface area contributed by atoms with Crippen LogP contribution in [0.1, 0.15) is 33.2 Å². The van der Waals surface area contributed by atoms with Gasteiger partial charge in [0.2, 0.25) is 5.75 Å². The second kappa shape index (κ2) is 10.2. The molecule has 0 radical (unpaired) electrons. The number of thiophene rings is 1. The van der Waals surface area contributed by atoms with Gasteiger partial charge in [0, 0.05) is 16.5 Å². The first-order chi connectivity index (χ1) is 15.4. The molecular weight excluding hydrogens is 430 g/mol. The highest BCUT2D eigenvalue weighted by molar-refractivity contribution is 7.15. The van der Waals surface area contributed by atoms with E-state index in [1.54, 1.807) is 19.1 Å². The fourth-order valence-electron chi connectivity index (χ4n) is 3.19. The minimum Gasteiger partial charge on any atom is -0.493 e. The van der Waals surface area contributed by atoms with Gasteiger partial charge in [0.1, 0.15) is 10.6 Å². The van der Waals surface area contributed by atoms with E-state index < -0.39 is 11.9 Å². The first-order valence-electron chi connectivity index (χ1n) is 9.90. The molecule has 1 heterocycles. The number of benzene rings is 2. The van der Waals surface area contributed by atoms with Gasteiger partial charge >= 0.3 is 5.97 Å². The molecule has 32 heavy (non-hydrogen) atoms. The average Bonchev–Trinajstić information content (AvgIpc) is 3.22. The normalized spacial score (nSPS) is 10.4. The Labute approximate surface area is 190 Å². The summed E-state index contributed by atoms with van der Waals surface area (Å²) < 4.78 is 21.2. The highest BCUT2D eigenvalue weighted by atomic mass is 32.1. The van der Waals surface area contributed by atoms with Gasteiger partial charge in [0.15, 0.2) is 11.5 Å². The summed E-state index contributed by atoms with van der Waals surface area (Å²) in [4.78, 5) is 25.8. The largest absolute Gasteiger partial charge is 0.493 e. The third kappa shape index (κ3) is 4.70. The van der Waals surface area contributed by atoms with Crippen LogP contribution in [0.5, 0.6) is 17.2 Å². The summed E-state index contributed by atoms with van der Waals surface area (Å²) in [6.45, 7) is 3.96. The number of carbonyl (C=O) groups excluding carboxylic acids is 2. The van der Waals surface area contributed by atoms with E-state index in [2.05, 4.69) is 5.32 Å². The SMILES string of the molecule is CCOC(=O)c1c(-c2ccc(C)cc2)csc1NC(=O)c1cc(OC)c(OC)c(OC)c1. The number of carbonyl (C=O) groups is 2. The van der Waals surface area contributed by atoms with Crippen molar-refractivity contribution in [1.29, 1.82) is 0 Å². The lowest BCUT2D eigenvalue weighted by Gasteiger charge is -2.14. The Hall–Kier alpha value is -3.52. The molecule has 0 aliphatic carbocycles. The average molecular weight is 456 g/mol. The van der Waals surface area contributed by atoms with Crippen molar-refractivity contribution in [2.45, 2.75) is 13.8 Å². The predicted molar refractivity (Wildman–Crippen MR) is 124 cm³/mol. The molecule has 7 nitrogen and oxygen atoms in total. The van der Waals surface area contributed by atoms with Gasteiger partial charge in [0.05, 0.1) is 27.9 Å². The molecule has 168 valence electrons. The van der Waals surface area contributed by atoms with Crippen LogP contribution in [0.2, 0.25) is 0 Å². The van der Waals surface area contributed by atoms with Gasteiger partial charge in [-0.1, -0.05) is 29.8 Å². The van der Waals surface area contributed by atoms with E-state index in [1.165, 1.54) is 32.7 Å². The van der Waals surface area contributed by atoms with E-state index in [9.17, 15) is 9.59 Å². The molecule has 0 spiro atoms. The zero-order valence-electron chi connectivity index (χ0n) is 18.6. The predicted octanol–water partition coefficient (Wildman–Crippen LogP) is 5.18. The van der Waals surface area contributed by atoms with Crippen molar-refractivity contribution in [2.24, 2.45) is 0 Å². The van der Waals surface area contributed by atoms with Gasteiger partial charge in [-0.3, -0.25) is 4.79 Å². The molecule has 8 heteroatoms. The number of esters is 1. The second-order valence-electron chi connectivity index (χ2n) is 6.81. The first kappa shape index (κ1) is 23.1. The number of aryl methyl sites for hydroxylation is 1. The fourth-order valence-corrected chi connectivity index (χ4v) is 4.14. The number of methoxy groups -OCH3 is 3. The molecule has 0 saturated carbocycles. The van der Waals surface area contributed by atoms with Gasteiger partial charge in [-0.2, -0.15) is 0 Å². The van der Waals surface area contributed by atoms with Crippen LogP contribution >= 0.6 is 11.3 Å². The number of rotatable bonds is 8. The number of nitrogens with one attached hydrogen (secondary N) is 1. The minimum atomic E-state index is -0.496. The summed E-state index contributed by atoms with van der Waals surface area (Å²) in [7, 11) is 4.44. The highest BCUT2D eigenvalue weighted by Gasteiger charge is 2.24. The van der Waals surface area contributed by atoms with Crippen molar-refractivity contribution in [3.8, 4) is 28.4 Å². The van der Waals surface area contributed by atoms with Gasteiger partial charge < -0.3 is 24.3 Å². The van der Waals surface area contributed by atoms with Crippen molar-refractivity contribution >= 4 is 28.2 Å². The molecule has 0 unspecified atom stereocenters. The summed E-state index contributed by atoms with van der Waals surface area (Å²) in [5.74, 6) is 0.177. The van der Waals surface area contributed by atoms with E-state index in [-0.39, 0.29) is 6.61 Å². The van der Waals surface area contributed by atoms with E-state index >= 15 is 0 Å². The maximum absolute atomic E-state index is 13.1. The number of anilines is 1. The number of ether oxygens (including phenoxy) is 4. The Balaban J connectivity index is 2.01. The molecule has 0 bridgehead atoms. The van der Waals surface area contributed by atoms with Crippen LogP contribution in [0.3, 0.4) is 0 Å². The molecule has 2 aromatic carbocycles. The Morgan fingerprint density at radius 3 is 2.12 bits per heavy atom. The molecule has 1 aromatic heterocycles. The number of hydrogen-bond acceptors (Lipinski definition) is 7. The zero-order chi connectivity index (χ0) is 23.3. The third-order valence-electron chi connectivity index (χ3n) is 4.79. The zero-order valence-corrected chi connectivity index (χ0v) is 19.4. The molecule has 3 aromatic rings. The maximum atomic E-state index is 13.1. The lowest BCUT2D eigenvalue weighted by molar-refractivity contribution is 0.0529. The van der Waals surface area contributed by atoms with Gasteiger partial charge in [0.25, 0.3) is 5.91 Å². The summed E-state index contributed by atoms with van der Waals surface area (Å²) in [5.41, 5.74) is 3.29. The van der Waals surface area contributed by atoms with Crippen LogP contribution in [-0.4, -0.2) is 39.8 Å². The van der Waals surface area contributed by atoms with Crippen LogP contribution in [-0.2, 0) is 4.74 Å². The van der Waals surface area contributed by atoms with E-state index in [0.29, 0.717) is 38.9 Å². The summed E-state index contributed by atoms with van der Waals surface area (Å²) in [6, 6.07) is 10.9. The molecule has 3 rings (SSSR count). The second-order valence-corrected chi connectivity index (χ2v) is 7.69. The van der Waals surface area contributed by atoms with Crippen LogP contribution in [0.15, 0.2) is 41.8 Å². The Morgan fingerprint density at radius 1 is 0.969 bits per heavy atom. The van der Waals surface area contributed by atoms with E-state index in [4.69, 9.17) is 18.9 Å². The molecule has 0 saturated heterocycles. The number of amides is 1. The van der Waals surface area contributed by atoms with Crippen LogP contribution in [0.25, 0.3) is 11.1 Å². The molecule has 0 aliphatic heterocycles. The first-order valence-corrected chi connectivity index (χ1v) is 10.8. The Kier molecular flexibility index (Phi) is 7.37. The monoisotopic (exact) mass is 455 g/mol. The van der Waals surface area contributed by atoms with Crippen molar-refractivity contribution < 1.29 is 28.5 Å². The van der Waals surface area contributed by atoms with Crippen LogP contribution in [0, 0.1) is 6.92 Å². The highest BCUT2D eigenvalue weighted by Crippen LogP contribution is 2.40. The fraction of sp³-hybridized carbons (Fsp3) is 0.250. The lowest BCUT2D eigenvalue weighted by atomic mass is 10.0. The number of hydrogen-bond donors (Lipinski definition) is 1. The van der Waals surface area contributed by atoms with Crippen molar-refractivity contribution in [3.05, 3.63) is 58.5 Å². The van der Waals surface area contributed by atoms with Crippen molar-refractivity contribution in [2.75, 3.05) is 33.3 Å². The Bertz CT molecular complexity index is 1100. The molecule has 0 aliphatic rings. The van der Waals surface area contributed by atoms with Crippen molar-refractivity contribution in [3.63, 3.8) is 0 Å². The topological polar surface area (TPSA) is 83.1 Å². The molecule has 1 N–H and O–H groups in total. The smallest absolute Gasteiger partial charge is 0.341 e. The van der Waals surface area contributed by atoms with Gasteiger partial charge in [-0.05, 0) is 31.5 Å². The summed E-state index contributed by atoms with van der Waals surface area (Å²) in [6.07, 6.45) is 0. The quantitative estimate of drug-likeness (QED) is 0.472. The maximum Gasteiger partial charge on any atom is 0.341 e. The van der Waals surface area contributed by atoms with E-state index in [0.717, 1.165) is 11.1 Å². The summed E-state index contributed by atoms with van der Waals surface area (Å²) in [5, 5.41) is 5.07. The minimum absolute atomic E-state index is 0.224. The molecule has 0 fully saturated rings. The van der Waals surface area contributed by atoms with Gasteiger partial charge in [-0.25, -0.2) is 4.79 Å². The van der Waals surface area contributed by atoms with Gasteiger partial charge in [-0.15, -0.1) is 11.3 Å². The molecular formula is C24H25NO6S. The van der Waals surface area contributed by atoms with Crippen LogP contribution in [0.4, 0.5) is 5.00 Å². The van der Waals surface area contributed by atoms with Crippen LogP contribution < -0.4 is 19.5 Å². The third-order valence-corrected chi connectivity index (χ3v) is 5.68. The molecule has 0 atom stereocenters. The standard InChI is InChI=1S/C24H25NO6S/c1-6-31-24(27)20-17(15-9-7-14(2)8-10-15)13-32-23(20)25-22(26)16-11-18(28-3)21(30-5)19(12-16)29-4/h7-13H,6H2,1-5H3,(H,25,26). The lowest BCUT2D eigenvalue weighted by Crippen LogP contribution is -2.15. The Morgan fingerprint density at radius 2 is 1.59 bits per heavy atom.